The number of hydrogen-bond acceptors (Lipinski definition) is 6. The van der Waals surface area contributed by atoms with E-state index in [4.69, 9.17) is 20.4 Å². The molecule has 1 aliphatic rings. The number of nitrogen functional groups attached to an aromatic ring is 1. The summed E-state index contributed by atoms with van der Waals surface area (Å²) >= 11 is 0. The molecule has 1 aromatic carbocycles. The van der Waals surface area contributed by atoms with Gasteiger partial charge in [-0.1, -0.05) is 6.07 Å². The smallest absolute Gasteiger partial charge is 0.165 e. The molecule has 0 spiro atoms. The molecule has 1 aliphatic heterocycles. The van der Waals surface area contributed by atoms with Crippen LogP contribution in [-0.4, -0.2) is 45.8 Å². The Morgan fingerprint density at radius 3 is 2.62 bits per heavy atom. The summed E-state index contributed by atoms with van der Waals surface area (Å²) in [4.78, 5) is 16.0. The van der Waals surface area contributed by atoms with Crippen LogP contribution in [0.3, 0.4) is 0 Å². The molecule has 1 saturated heterocycles. The first-order valence-electron chi connectivity index (χ1n) is 9.70. The van der Waals surface area contributed by atoms with Crippen LogP contribution in [0.1, 0.15) is 5.82 Å². The lowest BCUT2D eigenvalue weighted by Crippen LogP contribution is -2.36. The van der Waals surface area contributed by atoms with Gasteiger partial charge >= 0.3 is 0 Å². The van der Waals surface area contributed by atoms with Gasteiger partial charge in [-0.3, -0.25) is 4.57 Å². The van der Waals surface area contributed by atoms with Gasteiger partial charge in [0.1, 0.15) is 17.2 Å². The first-order chi connectivity index (χ1) is 14.2. The zero-order valence-corrected chi connectivity index (χ0v) is 16.2. The van der Waals surface area contributed by atoms with Gasteiger partial charge in [-0.15, -0.1) is 0 Å². The second kappa shape index (κ2) is 7.18. The monoisotopic (exact) mass is 386 g/mol. The number of benzene rings is 1. The van der Waals surface area contributed by atoms with Gasteiger partial charge in [0.05, 0.1) is 24.6 Å². The van der Waals surface area contributed by atoms with Crippen molar-refractivity contribution in [2.45, 2.75) is 6.92 Å². The molecular weight excluding hydrogens is 364 g/mol. The molecule has 0 bridgehead atoms. The summed E-state index contributed by atoms with van der Waals surface area (Å²) in [6.07, 6.45) is 1.70. The maximum atomic E-state index is 5.85. The number of hydrogen-bond donors (Lipinski definition) is 1. The normalized spacial score (nSPS) is 14.4. The maximum absolute atomic E-state index is 5.85. The van der Waals surface area contributed by atoms with E-state index < -0.39 is 0 Å². The van der Waals surface area contributed by atoms with E-state index in [1.54, 1.807) is 6.20 Å². The highest BCUT2D eigenvalue weighted by Crippen LogP contribution is 2.27. The topological polar surface area (TPSA) is 82.1 Å². The van der Waals surface area contributed by atoms with E-state index in [0.29, 0.717) is 5.82 Å². The zero-order chi connectivity index (χ0) is 19.8. The predicted molar refractivity (Wildman–Crippen MR) is 114 cm³/mol. The van der Waals surface area contributed by atoms with Gasteiger partial charge < -0.3 is 15.4 Å². The first kappa shape index (κ1) is 17.6. The Kier molecular flexibility index (Phi) is 4.37. The third-order valence-electron chi connectivity index (χ3n) is 5.21. The lowest BCUT2D eigenvalue weighted by molar-refractivity contribution is 0.122. The van der Waals surface area contributed by atoms with Crippen LogP contribution in [0.2, 0.25) is 0 Å². The quantitative estimate of drug-likeness (QED) is 0.582. The molecule has 0 aliphatic carbocycles. The summed E-state index contributed by atoms with van der Waals surface area (Å²) in [5.41, 5.74) is 11.6. The van der Waals surface area contributed by atoms with Crippen LogP contribution in [0.5, 0.6) is 0 Å². The second-order valence-corrected chi connectivity index (χ2v) is 7.12. The number of ether oxygens (including phenoxy) is 1. The molecule has 0 amide bonds. The largest absolute Gasteiger partial charge is 0.384 e. The van der Waals surface area contributed by atoms with Crippen molar-refractivity contribution < 1.29 is 4.74 Å². The molecule has 3 aromatic heterocycles. The molecule has 0 unspecified atom stereocenters. The number of nitrogens with two attached hydrogens (primary N) is 1. The lowest BCUT2D eigenvalue weighted by Gasteiger charge is -2.29. The standard InChI is InChI=1S/C22H22N6O/c1-15-25-20-6-5-19(16-7-8-24-21(23)13-16)26-22(20)28(15)18-4-2-3-17(14-18)27-9-11-29-12-10-27/h2-8,13-14H,9-12H2,1H3,(H2,23,24). The third kappa shape index (κ3) is 3.30. The number of pyridine rings is 2. The third-order valence-corrected chi connectivity index (χ3v) is 5.21. The SMILES string of the molecule is Cc1nc2ccc(-c3ccnc(N)c3)nc2n1-c1cccc(N2CCOCC2)c1. The molecule has 7 heteroatoms. The highest BCUT2D eigenvalue weighted by Gasteiger charge is 2.15. The molecule has 1 fully saturated rings. The van der Waals surface area contributed by atoms with Crippen LogP contribution >= 0.6 is 0 Å². The Labute approximate surface area is 168 Å². The number of fused-ring (bicyclic) bond motifs is 1. The van der Waals surface area contributed by atoms with Crippen molar-refractivity contribution in [3.05, 3.63) is 60.6 Å². The van der Waals surface area contributed by atoms with Crippen LogP contribution < -0.4 is 10.6 Å². The fourth-order valence-electron chi connectivity index (χ4n) is 3.80. The Morgan fingerprint density at radius 2 is 1.79 bits per heavy atom. The van der Waals surface area contributed by atoms with Gasteiger partial charge in [-0.05, 0) is 49.4 Å². The molecule has 146 valence electrons. The minimum atomic E-state index is 0.479. The summed E-state index contributed by atoms with van der Waals surface area (Å²) in [5, 5.41) is 0. The molecule has 7 nitrogen and oxygen atoms in total. The fourth-order valence-corrected chi connectivity index (χ4v) is 3.80. The number of anilines is 2. The molecule has 0 saturated carbocycles. The van der Waals surface area contributed by atoms with Crippen molar-refractivity contribution in [2.24, 2.45) is 0 Å². The molecule has 4 aromatic rings. The average Bonchev–Trinajstić information content (AvgIpc) is 3.09. The average molecular weight is 386 g/mol. The van der Waals surface area contributed by atoms with Gasteiger partial charge in [-0.2, -0.15) is 0 Å². The summed E-state index contributed by atoms with van der Waals surface area (Å²) in [5.74, 6) is 1.38. The van der Waals surface area contributed by atoms with Gasteiger partial charge in [0.15, 0.2) is 5.65 Å². The van der Waals surface area contributed by atoms with Crippen LogP contribution in [0.4, 0.5) is 11.5 Å². The molecule has 4 heterocycles. The van der Waals surface area contributed by atoms with Crippen molar-refractivity contribution in [3.63, 3.8) is 0 Å². The zero-order valence-electron chi connectivity index (χ0n) is 16.2. The van der Waals surface area contributed by atoms with Crippen molar-refractivity contribution in [1.29, 1.82) is 0 Å². The number of nitrogens with zero attached hydrogens (tertiary/aromatic N) is 5. The summed E-state index contributed by atoms with van der Waals surface area (Å²) in [7, 11) is 0. The summed E-state index contributed by atoms with van der Waals surface area (Å²) < 4.78 is 7.59. The molecule has 2 N–H and O–H groups in total. The summed E-state index contributed by atoms with van der Waals surface area (Å²) in [6.45, 7) is 5.33. The van der Waals surface area contributed by atoms with Crippen LogP contribution in [-0.2, 0) is 4.74 Å². The lowest BCUT2D eigenvalue weighted by atomic mass is 10.1. The van der Waals surface area contributed by atoms with Crippen LogP contribution in [0.25, 0.3) is 28.1 Å². The van der Waals surface area contributed by atoms with Gasteiger partial charge in [0.25, 0.3) is 0 Å². The van der Waals surface area contributed by atoms with E-state index >= 15 is 0 Å². The van der Waals surface area contributed by atoms with E-state index in [1.165, 1.54) is 5.69 Å². The molecule has 29 heavy (non-hydrogen) atoms. The fraction of sp³-hybridized carbons (Fsp3) is 0.227. The number of imidazole rings is 1. The van der Waals surface area contributed by atoms with Crippen molar-refractivity contribution in [2.75, 3.05) is 36.9 Å². The highest BCUT2D eigenvalue weighted by molar-refractivity contribution is 5.78. The van der Waals surface area contributed by atoms with Crippen molar-refractivity contribution in [3.8, 4) is 16.9 Å². The van der Waals surface area contributed by atoms with Crippen LogP contribution in [0, 0.1) is 6.92 Å². The maximum Gasteiger partial charge on any atom is 0.165 e. The van der Waals surface area contributed by atoms with Crippen molar-refractivity contribution in [1.82, 2.24) is 19.5 Å². The van der Waals surface area contributed by atoms with Gasteiger partial charge in [-0.25, -0.2) is 15.0 Å². The number of aromatic nitrogens is 4. The van der Waals surface area contributed by atoms with Crippen LogP contribution in [0.15, 0.2) is 54.7 Å². The molecule has 5 rings (SSSR count). The summed E-state index contributed by atoms with van der Waals surface area (Å²) in [6, 6.07) is 16.2. The number of rotatable bonds is 3. The van der Waals surface area contributed by atoms with E-state index in [9.17, 15) is 0 Å². The Morgan fingerprint density at radius 1 is 0.966 bits per heavy atom. The van der Waals surface area contributed by atoms with E-state index in [1.807, 2.05) is 31.2 Å². The van der Waals surface area contributed by atoms with E-state index in [0.717, 1.165) is 60.2 Å². The van der Waals surface area contributed by atoms with Gasteiger partial charge in [0.2, 0.25) is 0 Å². The molecule has 0 atom stereocenters. The first-order valence-corrected chi connectivity index (χ1v) is 9.70. The predicted octanol–water partition coefficient (Wildman–Crippen LogP) is 3.21. The Hall–Kier alpha value is -3.45. The van der Waals surface area contributed by atoms with E-state index in [-0.39, 0.29) is 0 Å². The molecular formula is C22H22N6O. The second-order valence-electron chi connectivity index (χ2n) is 7.12. The van der Waals surface area contributed by atoms with E-state index in [2.05, 4.69) is 38.7 Å². The number of morpholine rings is 1. The number of aryl methyl sites for hydroxylation is 1. The Balaban J connectivity index is 1.61. The van der Waals surface area contributed by atoms with Gasteiger partial charge in [0, 0.05) is 30.5 Å². The minimum absolute atomic E-state index is 0.479. The van der Waals surface area contributed by atoms with Crippen molar-refractivity contribution >= 4 is 22.7 Å². The Bertz CT molecular complexity index is 1180. The minimum Gasteiger partial charge on any atom is -0.384 e. The molecule has 0 radical (unpaired) electrons. The highest BCUT2D eigenvalue weighted by atomic mass is 16.5.